The molecule has 4 heteroatoms. The van der Waals surface area contributed by atoms with E-state index in [-0.39, 0.29) is 0 Å². The fraction of sp³-hybridized carbons (Fsp3) is 0.200. The van der Waals surface area contributed by atoms with Gasteiger partial charge in [-0.05, 0) is 24.8 Å². The van der Waals surface area contributed by atoms with Crippen molar-refractivity contribution >= 4 is 17.6 Å². The monoisotopic (exact) mass is 199 g/mol. The minimum absolute atomic E-state index is 0.430. The van der Waals surface area contributed by atoms with Gasteiger partial charge >= 0.3 is 11.9 Å². The van der Waals surface area contributed by atoms with Crippen molar-refractivity contribution < 1.29 is 22.9 Å². The molecule has 0 radical (unpaired) electrons. The highest BCUT2D eigenvalue weighted by atomic mass is 16.4. The quantitative estimate of drug-likeness (QED) is 0.670. The SMILES string of the molecule is [2H]C([2H])([2H])c1cccc(C([2H])([2H])[2H])c1NC(=O)C(=O)O. The minimum Gasteiger partial charge on any atom is -0.474 e. The molecule has 0 saturated carbocycles. The fourth-order valence-corrected chi connectivity index (χ4v) is 0.854. The van der Waals surface area contributed by atoms with Crippen molar-refractivity contribution in [3.8, 4) is 0 Å². The van der Waals surface area contributed by atoms with Gasteiger partial charge in [0.1, 0.15) is 0 Å². The van der Waals surface area contributed by atoms with Crippen LogP contribution in [0.2, 0.25) is 0 Å². The fourth-order valence-electron chi connectivity index (χ4n) is 0.854. The van der Waals surface area contributed by atoms with Gasteiger partial charge in [0.25, 0.3) is 0 Å². The van der Waals surface area contributed by atoms with E-state index in [0.717, 1.165) is 12.1 Å². The Labute approximate surface area is 90.0 Å². The number of hydrogen-bond donors (Lipinski definition) is 2. The third kappa shape index (κ3) is 2.10. The van der Waals surface area contributed by atoms with Crippen LogP contribution in [-0.4, -0.2) is 17.0 Å². The van der Waals surface area contributed by atoms with Gasteiger partial charge in [-0.15, -0.1) is 0 Å². The van der Waals surface area contributed by atoms with Gasteiger partial charge in [-0.2, -0.15) is 0 Å². The molecule has 0 aliphatic carbocycles. The van der Waals surface area contributed by atoms with E-state index in [4.69, 9.17) is 13.3 Å². The first-order chi connectivity index (χ1) is 8.94. The molecule has 0 unspecified atom stereocenters. The third-order valence-electron chi connectivity index (χ3n) is 1.50. The minimum atomic E-state index is -2.69. The molecule has 1 rings (SSSR count). The number of carboxylic acids is 1. The molecule has 0 fully saturated rings. The molecule has 0 aliphatic rings. The Balaban J connectivity index is 3.49. The van der Waals surface area contributed by atoms with Crippen molar-refractivity contribution in [2.24, 2.45) is 0 Å². The summed E-state index contributed by atoms with van der Waals surface area (Å²) in [5.74, 6) is -3.35. The summed E-state index contributed by atoms with van der Waals surface area (Å²) in [5.41, 5.74) is -1.37. The van der Waals surface area contributed by atoms with Crippen LogP contribution in [0.25, 0.3) is 0 Å². The Morgan fingerprint density at radius 3 is 2.36 bits per heavy atom. The van der Waals surface area contributed by atoms with E-state index in [1.807, 2.05) is 5.32 Å². The normalized spacial score (nSPS) is 17.7. The molecular weight excluding hydrogens is 182 g/mol. The summed E-state index contributed by atoms with van der Waals surface area (Å²) >= 11 is 0. The maximum Gasteiger partial charge on any atom is 0.394 e. The second-order valence-electron chi connectivity index (χ2n) is 2.49. The number of hydrogen-bond acceptors (Lipinski definition) is 2. The second kappa shape index (κ2) is 3.91. The summed E-state index contributed by atoms with van der Waals surface area (Å²) in [5, 5.41) is 10.4. The largest absolute Gasteiger partial charge is 0.474 e. The molecule has 0 aliphatic heterocycles. The van der Waals surface area contributed by atoms with Gasteiger partial charge in [-0.3, -0.25) is 4.79 Å². The predicted molar refractivity (Wildman–Crippen MR) is 52.2 cm³/mol. The zero-order valence-corrected chi connectivity index (χ0v) is 7.00. The molecule has 74 valence electrons. The van der Waals surface area contributed by atoms with Crippen molar-refractivity contribution in [3.05, 3.63) is 29.3 Å². The van der Waals surface area contributed by atoms with Crippen molar-refractivity contribution in [1.82, 2.24) is 0 Å². The summed E-state index contributed by atoms with van der Waals surface area (Å²) in [6, 6.07) is 3.44. The lowest BCUT2D eigenvalue weighted by Gasteiger charge is -2.08. The number of aliphatic carboxylic acids is 1. The standard InChI is InChI=1S/C10H11NO3/c1-6-4-3-5-7(2)8(6)11-9(12)10(13)14/h3-5H,1-2H3,(H,11,12)(H,13,14)/i1D3,2D3. The maximum absolute atomic E-state index is 11.2. The topological polar surface area (TPSA) is 66.4 Å². The Bertz CT molecular complexity index is 517. The van der Waals surface area contributed by atoms with E-state index in [1.165, 1.54) is 6.07 Å². The molecular formula is C10H11NO3. The van der Waals surface area contributed by atoms with Gasteiger partial charge in [0, 0.05) is 13.9 Å². The maximum atomic E-state index is 11.2. The average Bonchev–Trinajstić information content (AvgIpc) is 2.25. The van der Waals surface area contributed by atoms with Crippen LogP contribution >= 0.6 is 0 Å². The number of para-hydroxylation sites is 1. The zero-order valence-electron chi connectivity index (χ0n) is 13.0. The summed E-state index contributed by atoms with van der Waals surface area (Å²) < 4.78 is 43.9. The van der Waals surface area contributed by atoms with E-state index in [2.05, 4.69) is 0 Å². The van der Waals surface area contributed by atoms with Gasteiger partial charge < -0.3 is 10.4 Å². The number of nitrogens with one attached hydrogen (secondary N) is 1. The summed E-state index contributed by atoms with van der Waals surface area (Å²) in [6.07, 6.45) is 0. The summed E-state index contributed by atoms with van der Waals surface area (Å²) in [6.45, 7) is -5.38. The first-order valence-corrected chi connectivity index (χ1v) is 3.63. The van der Waals surface area contributed by atoms with E-state index < -0.39 is 42.4 Å². The van der Waals surface area contributed by atoms with E-state index >= 15 is 0 Å². The smallest absolute Gasteiger partial charge is 0.394 e. The van der Waals surface area contributed by atoms with Crippen LogP contribution in [0.5, 0.6) is 0 Å². The lowest BCUT2D eigenvalue weighted by Crippen LogP contribution is -2.22. The number of aryl methyl sites for hydroxylation is 2. The summed E-state index contributed by atoms with van der Waals surface area (Å²) in [4.78, 5) is 21.7. The van der Waals surface area contributed by atoms with Crippen molar-refractivity contribution in [2.75, 3.05) is 5.32 Å². The Morgan fingerprint density at radius 2 is 1.93 bits per heavy atom. The molecule has 1 amide bonds. The highest BCUT2D eigenvalue weighted by molar-refractivity contribution is 6.36. The van der Waals surface area contributed by atoms with Gasteiger partial charge in [0.2, 0.25) is 0 Å². The molecule has 1 aromatic rings. The molecule has 0 aromatic heterocycles. The highest BCUT2D eigenvalue weighted by Gasteiger charge is 2.13. The Hall–Kier alpha value is -1.84. The van der Waals surface area contributed by atoms with Gasteiger partial charge in [-0.25, -0.2) is 4.79 Å². The Morgan fingerprint density at radius 1 is 1.36 bits per heavy atom. The molecule has 2 N–H and O–H groups in total. The number of carbonyl (C=O) groups is 2. The van der Waals surface area contributed by atoms with Crippen LogP contribution in [0, 0.1) is 13.7 Å². The van der Waals surface area contributed by atoms with Crippen LogP contribution in [-0.2, 0) is 9.59 Å². The number of rotatable bonds is 1. The lowest BCUT2D eigenvalue weighted by atomic mass is 10.1. The van der Waals surface area contributed by atoms with Gasteiger partial charge in [0.05, 0.1) is 0 Å². The number of carboxylic acid groups (broad SMARTS) is 1. The average molecular weight is 199 g/mol. The molecule has 0 saturated heterocycles. The van der Waals surface area contributed by atoms with Crippen LogP contribution < -0.4 is 5.32 Å². The highest BCUT2D eigenvalue weighted by Crippen LogP contribution is 2.18. The molecule has 0 bridgehead atoms. The molecule has 14 heavy (non-hydrogen) atoms. The number of benzene rings is 1. The first kappa shape index (κ1) is 4.59. The number of amides is 1. The van der Waals surface area contributed by atoms with Crippen LogP contribution in [0.1, 0.15) is 19.4 Å². The van der Waals surface area contributed by atoms with Crippen molar-refractivity contribution in [2.45, 2.75) is 13.7 Å². The van der Waals surface area contributed by atoms with Gasteiger partial charge in [-0.1, -0.05) is 18.2 Å². The number of anilines is 1. The van der Waals surface area contributed by atoms with E-state index in [1.54, 1.807) is 0 Å². The zero-order chi connectivity index (χ0) is 15.7. The third-order valence-corrected chi connectivity index (χ3v) is 1.50. The van der Waals surface area contributed by atoms with Gasteiger partial charge in [0.15, 0.2) is 0 Å². The molecule has 1 aromatic carbocycles. The second-order valence-corrected chi connectivity index (χ2v) is 2.49. The van der Waals surface area contributed by atoms with Crippen LogP contribution in [0.3, 0.4) is 0 Å². The van der Waals surface area contributed by atoms with Crippen molar-refractivity contribution in [3.63, 3.8) is 0 Å². The lowest BCUT2D eigenvalue weighted by molar-refractivity contribution is -0.147. The number of carbonyl (C=O) groups excluding carboxylic acids is 1. The molecule has 0 atom stereocenters. The van der Waals surface area contributed by atoms with Crippen LogP contribution in [0.4, 0.5) is 5.69 Å². The van der Waals surface area contributed by atoms with Crippen molar-refractivity contribution in [1.29, 1.82) is 0 Å². The first-order valence-electron chi connectivity index (χ1n) is 6.63. The van der Waals surface area contributed by atoms with Crippen LogP contribution in [0.15, 0.2) is 18.2 Å². The predicted octanol–water partition coefficient (Wildman–Crippen LogP) is 1.33. The van der Waals surface area contributed by atoms with E-state index in [0.29, 0.717) is 0 Å². The molecule has 0 heterocycles. The van der Waals surface area contributed by atoms with E-state index in [9.17, 15) is 9.59 Å². The molecule has 4 nitrogen and oxygen atoms in total. The molecule has 0 spiro atoms. The Kier molecular flexibility index (Phi) is 1.28. The summed E-state index contributed by atoms with van der Waals surface area (Å²) in [7, 11) is 0.